The van der Waals surface area contributed by atoms with Crippen molar-refractivity contribution in [2.75, 3.05) is 0 Å². The zero-order chi connectivity index (χ0) is 7.84. The van der Waals surface area contributed by atoms with Crippen LogP contribution in [0.15, 0.2) is 11.6 Å². The van der Waals surface area contributed by atoms with E-state index in [4.69, 9.17) is 4.74 Å². The van der Waals surface area contributed by atoms with E-state index in [2.05, 4.69) is 6.08 Å². The van der Waals surface area contributed by atoms with E-state index < -0.39 is 0 Å². The predicted molar refractivity (Wildman–Crippen MR) is 41.0 cm³/mol. The molecule has 2 heteroatoms. The van der Waals surface area contributed by atoms with E-state index in [1.54, 1.807) is 0 Å². The van der Waals surface area contributed by atoms with Gasteiger partial charge in [0.1, 0.15) is 6.10 Å². The summed E-state index contributed by atoms with van der Waals surface area (Å²) < 4.78 is 5.16. The van der Waals surface area contributed by atoms with Crippen LogP contribution in [0.1, 0.15) is 26.2 Å². The van der Waals surface area contributed by atoms with E-state index in [0.29, 0.717) is 12.3 Å². The zero-order valence-corrected chi connectivity index (χ0v) is 6.67. The number of carbonyl (C=O) groups is 1. The molecule has 2 aliphatic rings. The van der Waals surface area contributed by atoms with Gasteiger partial charge in [0.25, 0.3) is 0 Å². The zero-order valence-electron chi connectivity index (χ0n) is 6.67. The summed E-state index contributed by atoms with van der Waals surface area (Å²) in [4.78, 5) is 11.0. The van der Waals surface area contributed by atoms with E-state index >= 15 is 0 Å². The summed E-state index contributed by atoms with van der Waals surface area (Å²) in [6, 6.07) is 0. The Morgan fingerprint density at radius 2 is 2.45 bits per heavy atom. The molecule has 0 spiro atoms. The second kappa shape index (κ2) is 2.36. The average Bonchev–Trinajstić information content (AvgIpc) is 1.97. The Labute approximate surface area is 66.2 Å². The monoisotopic (exact) mass is 152 g/mol. The Kier molecular flexibility index (Phi) is 1.48. The number of carbonyl (C=O) groups excluding carboxylic acids is 1. The van der Waals surface area contributed by atoms with Crippen LogP contribution < -0.4 is 0 Å². The number of rotatable bonds is 0. The minimum atomic E-state index is -0.0151. The molecule has 1 heterocycles. The summed E-state index contributed by atoms with van der Waals surface area (Å²) >= 11 is 0. The molecule has 1 fully saturated rings. The van der Waals surface area contributed by atoms with Crippen molar-refractivity contribution < 1.29 is 9.53 Å². The van der Waals surface area contributed by atoms with Gasteiger partial charge in [-0.3, -0.25) is 4.79 Å². The van der Waals surface area contributed by atoms with Crippen LogP contribution in [0.3, 0.4) is 0 Å². The third-order valence-electron chi connectivity index (χ3n) is 2.56. The van der Waals surface area contributed by atoms with Crippen LogP contribution >= 0.6 is 0 Å². The number of hydrogen-bond acceptors (Lipinski definition) is 2. The molecule has 1 aliphatic heterocycles. The average molecular weight is 152 g/mol. The lowest BCUT2D eigenvalue weighted by Gasteiger charge is -2.32. The summed E-state index contributed by atoms with van der Waals surface area (Å²) in [5, 5.41) is 0. The van der Waals surface area contributed by atoms with Crippen LogP contribution in [-0.2, 0) is 9.53 Å². The molecular weight excluding hydrogens is 140 g/mol. The minimum absolute atomic E-state index is 0.0151. The largest absolute Gasteiger partial charge is 0.458 e. The highest BCUT2D eigenvalue weighted by molar-refractivity contribution is 5.71. The summed E-state index contributed by atoms with van der Waals surface area (Å²) in [7, 11) is 0. The quantitative estimate of drug-likeness (QED) is 0.390. The molecule has 0 amide bonds. The van der Waals surface area contributed by atoms with E-state index in [1.807, 2.05) is 6.92 Å². The van der Waals surface area contributed by atoms with Crippen molar-refractivity contribution in [2.45, 2.75) is 32.3 Å². The van der Waals surface area contributed by atoms with Crippen molar-refractivity contribution >= 4 is 5.97 Å². The highest BCUT2D eigenvalue weighted by Crippen LogP contribution is 2.32. The van der Waals surface area contributed by atoms with Gasteiger partial charge in [-0.2, -0.15) is 0 Å². The predicted octanol–water partition coefficient (Wildman–Crippen LogP) is 1.66. The lowest BCUT2D eigenvalue weighted by molar-refractivity contribution is -0.154. The molecule has 1 aliphatic carbocycles. The highest BCUT2D eigenvalue weighted by atomic mass is 16.5. The molecule has 2 atom stereocenters. The minimum Gasteiger partial charge on any atom is -0.458 e. The molecule has 0 radical (unpaired) electrons. The van der Waals surface area contributed by atoms with Crippen molar-refractivity contribution in [2.24, 2.45) is 5.92 Å². The maximum Gasteiger partial charge on any atom is 0.306 e. The van der Waals surface area contributed by atoms with Crippen LogP contribution in [0, 0.1) is 5.92 Å². The van der Waals surface area contributed by atoms with Gasteiger partial charge in [-0.1, -0.05) is 6.08 Å². The number of ether oxygens (including phenoxy) is 1. The third kappa shape index (κ3) is 1.17. The van der Waals surface area contributed by atoms with Crippen molar-refractivity contribution in [1.82, 2.24) is 0 Å². The van der Waals surface area contributed by atoms with Crippen LogP contribution in [0.25, 0.3) is 0 Å². The number of allylic oxidation sites excluding steroid dienone is 1. The van der Waals surface area contributed by atoms with Gasteiger partial charge in [-0.15, -0.1) is 0 Å². The van der Waals surface area contributed by atoms with Crippen LogP contribution in [-0.4, -0.2) is 12.1 Å². The number of fused-ring (bicyclic) bond motifs is 2. The Hall–Kier alpha value is -0.790. The molecule has 0 unspecified atom stereocenters. The third-order valence-corrected chi connectivity index (χ3v) is 2.56. The molecule has 2 rings (SSSR count). The SMILES string of the molecule is CC1=CC[C@@H]2CC(=O)O[C@H]1C2. The summed E-state index contributed by atoms with van der Waals surface area (Å²) in [6.07, 6.45) is 5.05. The fraction of sp³-hybridized carbons (Fsp3) is 0.667. The normalized spacial score (nSPS) is 36.1. The maximum absolute atomic E-state index is 11.0. The van der Waals surface area contributed by atoms with E-state index in [0.717, 1.165) is 12.8 Å². The van der Waals surface area contributed by atoms with Crippen molar-refractivity contribution in [3.63, 3.8) is 0 Å². The Morgan fingerprint density at radius 1 is 1.64 bits per heavy atom. The topological polar surface area (TPSA) is 26.3 Å². The fourth-order valence-corrected chi connectivity index (χ4v) is 1.82. The van der Waals surface area contributed by atoms with E-state index in [9.17, 15) is 4.79 Å². The van der Waals surface area contributed by atoms with Crippen molar-refractivity contribution in [3.8, 4) is 0 Å². The molecule has 0 saturated carbocycles. The van der Waals surface area contributed by atoms with E-state index in [-0.39, 0.29) is 12.1 Å². The van der Waals surface area contributed by atoms with Gasteiger partial charge in [0.15, 0.2) is 0 Å². The number of hydrogen-bond donors (Lipinski definition) is 0. The lowest BCUT2D eigenvalue weighted by atomic mass is 9.84. The smallest absolute Gasteiger partial charge is 0.306 e. The second-order valence-corrected chi connectivity index (χ2v) is 3.47. The molecule has 2 nitrogen and oxygen atoms in total. The first kappa shape index (κ1) is 6.89. The Balaban J connectivity index is 2.20. The van der Waals surface area contributed by atoms with Gasteiger partial charge in [-0.05, 0) is 31.3 Å². The second-order valence-electron chi connectivity index (χ2n) is 3.47. The summed E-state index contributed by atoms with van der Waals surface area (Å²) in [5.74, 6) is 0.545. The van der Waals surface area contributed by atoms with Gasteiger partial charge >= 0.3 is 5.97 Å². The van der Waals surface area contributed by atoms with Gasteiger partial charge in [0, 0.05) is 6.42 Å². The number of esters is 1. The van der Waals surface area contributed by atoms with Gasteiger partial charge in [0.2, 0.25) is 0 Å². The van der Waals surface area contributed by atoms with Gasteiger partial charge in [0.05, 0.1) is 0 Å². The summed E-state index contributed by atoms with van der Waals surface area (Å²) in [6.45, 7) is 2.04. The molecule has 11 heavy (non-hydrogen) atoms. The molecule has 0 aromatic rings. The van der Waals surface area contributed by atoms with Crippen molar-refractivity contribution in [3.05, 3.63) is 11.6 Å². The van der Waals surface area contributed by atoms with E-state index in [1.165, 1.54) is 5.57 Å². The van der Waals surface area contributed by atoms with Crippen molar-refractivity contribution in [1.29, 1.82) is 0 Å². The standard InChI is InChI=1S/C9H12O2/c1-6-2-3-7-4-8(6)11-9(10)5-7/h2,7-8H,3-5H2,1H3/t7-,8-/m0/s1. The molecular formula is C9H12O2. The molecule has 0 N–H and O–H groups in total. The molecule has 1 saturated heterocycles. The van der Waals surface area contributed by atoms with Crippen LogP contribution in [0.5, 0.6) is 0 Å². The first-order valence-corrected chi connectivity index (χ1v) is 4.12. The van der Waals surface area contributed by atoms with Crippen LogP contribution in [0.2, 0.25) is 0 Å². The molecule has 2 bridgehead atoms. The maximum atomic E-state index is 11.0. The molecule has 60 valence electrons. The molecule has 0 aromatic heterocycles. The fourth-order valence-electron chi connectivity index (χ4n) is 1.82. The first-order valence-electron chi connectivity index (χ1n) is 4.12. The highest BCUT2D eigenvalue weighted by Gasteiger charge is 2.31. The van der Waals surface area contributed by atoms with Gasteiger partial charge in [-0.25, -0.2) is 0 Å². The Morgan fingerprint density at radius 3 is 3.27 bits per heavy atom. The first-order chi connectivity index (χ1) is 5.25. The Bertz CT molecular complexity index is 218. The molecule has 0 aromatic carbocycles. The lowest BCUT2D eigenvalue weighted by Crippen LogP contribution is -2.32. The van der Waals surface area contributed by atoms with Crippen LogP contribution in [0.4, 0.5) is 0 Å². The van der Waals surface area contributed by atoms with Gasteiger partial charge < -0.3 is 4.74 Å². The summed E-state index contributed by atoms with van der Waals surface area (Å²) in [5.41, 5.74) is 1.23.